The largest absolute Gasteiger partial charge is 0.325 e. The first-order valence-electron chi connectivity index (χ1n) is 7.15. The highest BCUT2D eigenvalue weighted by Gasteiger charge is 2.37. The van der Waals surface area contributed by atoms with Crippen LogP contribution in [0.5, 0.6) is 0 Å². The molecule has 0 aliphatic heterocycles. The fourth-order valence-corrected chi connectivity index (χ4v) is 3.57. The Balaban J connectivity index is 2.19. The number of hydrogen-bond acceptors (Lipinski definition) is 1. The van der Waals surface area contributed by atoms with Crippen molar-refractivity contribution in [1.29, 1.82) is 0 Å². The summed E-state index contributed by atoms with van der Waals surface area (Å²) in [4.78, 5) is 0. The number of rotatable bonds is 2. The van der Waals surface area contributed by atoms with Crippen molar-refractivity contribution in [1.82, 2.24) is 0 Å². The van der Waals surface area contributed by atoms with Gasteiger partial charge in [0.05, 0.1) is 0 Å². The van der Waals surface area contributed by atoms with Crippen molar-refractivity contribution in [3.63, 3.8) is 0 Å². The number of benzene rings is 1. The van der Waals surface area contributed by atoms with Crippen molar-refractivity contribution < 1.29 is 0 Å². The molecule has 2 rings (SSSR count). The minimum atomic E-state index is 0.000301. The van der Waals surface area contributed by atoms with Gasteiger partial charge in [0, 0.05) is 5.54 Å². The summed E-state index contributed by atoms with van der Waals surface area (Å²) in [5, 5.41) is 0. The molecule has 1 aromatic rings. The molecular weight excluding hydrogens is 218 g/mol. The van der Waals surface area contributed by atoms with Crippen LogP contribution in [0.2, 0.25) is 0 Å². The Morgan fingerprint density at radius 1 is 1.17 bits per heavy atom. The Hall–Kier alpha value is -0.820. The van der Waals surface area contributed by atoms with Gasteiger partial charge in [0.25, 0.3) is 0 Å². The topological polar surface area (TPSA) is 26.0 Å². The average Bonchev–Trinajstić information content (AvgIpc) is 2.21. The lowest BCUT2D eigenvalue weighted by Gasteiger charge is -2.43. The minimum Gasteiger partial charge on any atom is -0.325 e. The van der Waals surface area contributed by atoms with E-state index in [1.54, 1.807) is 0 Å². The molecule has 0 saturated heterocycles. The number of nitrogens with two attached hydrogens (primary N) is 1. The van der Waals surface area contributed by atoms with E-state index in [4.69, 9.17) is 5.73 Å². The van der Waals surface area contributed by atoms with Crippen LogP contribution in [0.4, 0.5) is 0 Å². The summed E-state index contributed by atoms with van der Waals surface area (Å²) < 4.78 is 0. The van der Waals surface area contributed by atoms with Crippen molar-refractivity contribution in [3.05, 3.63) is 34.9 Å². The molecule has 1 saturated carbocycles. The third-order valence-electron chi connectivity index (χ3n) is 4.41. The lowest BCUT2D eigenvalue weighted by molar-refractivity contribution is 0.151. The van der Waals surface area contributed by atoms with Gasteiger partial charge in [0.2, 0.25) is 0 Å². The van der Waals surface area contributed by atoms with Crippen LogP contribution in [0.1, 0.15) is 56.2 Å². The Kier molecular flexibility index (Phi) is 3.55. The first-order valence-corrected chi connectivity index (χ1v) is 7.15. The predicted molar refractivity (Wildman–Crippen MR) is 78.8 cm³/mol. The fraction of sp³-hybridized carbons (Fsp3) is 0.647. The zero-order valence-corrected chi connectivity index (χ0v) is 12.3. The smallest absolute Gasteiger partial charge is 0.0200 e. The third-order valence-corrected chi connectivity index (χ3v) is 4.41. The zero-order chi connectivity index (χ0) is 13.4. The van der Waals surface area contributed by atoms with E-state index < -0.39 is 0 Å². The molecule has 1 nitrogen and oxygen atoms in total. The maximum atomic E-state index is 6.69. The van der Waals surface area contributed by atoms with E-state index in [1.165, 1.54) is 36.0 Å². The van der Waals surface area contributed by atoms with Gasteiger partial charge in [-0.2, -0.15) is 0 Å². The second-order valence-corrected chi connectivity index (χ2v) is 7.16. The van der Waals surface area contributed by atoms with E-state index in [1.807, 2.05) is 0 Å². The summed E-state index contributed by atoms with van der Waals surface area (Å²) in [7, 11) is 0. The molecule has 0 heterocycles. The average molecular weight is 245 g/mol. The molecule has 0 radical (unpaired) electrons. The molecule has 0 spiro atoms. The van der Waals surface area contributed by atoms with Gasteiger partial charge in [-0.25, -0.2) is 0 Å². The van der Waals surface area contributed by atoms with E-state index in [-0.39, 0.29) is 5.54 Å². The molecule has 1 aliphatic rings. The van der Waals surface area contributed by atoms with Crippen molar-refractivity contribution in [2.24, 2.45) is 11.1 Å². The van der Waals surface area contributed by atoms with Gasteiger partial charge >= 0.3 is 0 Å². The molecule has 1 heteroatoms. The van der Waals surface area contributed by atoms with Crippen LogP contribution in [-0.2, 0) is 6.42 Å². The predicted octanol–water partition coefficient (Wildman–Crippen LogP) is 4.14. The van der Waals surface area contributed by atoms with Crippen molar-refractivity contribution in [2.45, 2.75) is 65.3 Å². The Labute approximate surface area is 112 Å². The van der Waals surface area contributed by atoms with Crippen molar-refractivity contribution >= 4 is 0 Å². The first-order chi connectivity index (χ1) is 8.30. The van der Waals surface area contributed by atoms with E-state index in [0.717, 1.165) is 12.8 Å². The summed E-state index contributed by atoms with van der Waals surface area (Å²) in [6, 6.07) is 6.72. The van der Waals surface area contributed by atoms with Crippen LogP contribution in [0, 0.1) is 19.3 Å². The fourth-order valence-electron chi connectivity index (χ4n) is 3.57. The van der Waals surface area contributed by atoms with Gasteiger partial charge < -0.3 is 5.73 Å². The Bertz CT molecular complexity index is 433. The lowest BCUT2D eigenvalue weighted by atomic mass is 9.66. The summed E-state index contributed by atoms with van der Waals surface area (Å²) >= 11 is 0. The van der Waals surface area contributed by atoms with Crippen molar-refractivity contribution in [2.75, 3.05) is 0 Å². The highest BCUT2D eigenvalue weighted by Crippen LogP contribution is 2.41. The molecule has 0 bridgehead atoms. The van der Waals surface area contributed by atoms with Crippen LogP contribution < -0.4 is 5.73 Å². The second kappa shape index (κ2) is 4.70. The van der Waals surface area contributed by atoms with Crippen molar-refractivity contribution in [3.8, 4) is 0 Å². The molecule has 0 amide bonds. The van der Waals surface area contributed by atoms with E-state index >= 15 is 0 Å². The van der Waals surface area contributed by atoms with Gasteiger partial charge in [-0.1, -0.05) is 44.0 Å². The molecule has 0 aromatic heterocycles. The van der Waals surface area contributed by atoms with Crippen LogP contribution in [-0.4, -0.2) is 5.54 Å². The monoisotopic (exact) mass is 245 g/mol. The molecular formula is C17H27N. The maximum absolute atomic E-state index is 6.69. The van der Waals surface area contributed by atoms with Crippen LogP contribution >= 0.6 is 0 Å². The third kappa shape index (κ3) is 3.14. The maximum Gasteiger partial charge on any atom is 0.0200 e. The normalized spacial score (nSPS) is 27.2. The highest BCUT2D eigenvalue weighted by molar-refractivity contribution is 5.32. The van der Waals surface area contributed by atoms with E-state index in [9.17, 15) is 0 Å². The van der Waals surface area contributed by atoms with Gasteiger partial charge in [0.15, 0.2) is 0 Å². The molecule has 2 N–H and O–H groups in total. The SMILES string of the molecule is Cc1ccc(C)c(CC2(N)CCCC(C)(C)C2)c1. The summed E-state index contributed by atoms with van der Waals surface area (Å²) in [5.41, 5.74) is 11.3. The number of aryl methyl sites for hydroxylation is 2. The minimum absolute atomic E-state index is 0.000301. The van der Waals surface area contributed by atoms with Gasteiger partial charge in [0.1, 0.15) is 0 Å². The van der Waals surface area contributed by atoms with Gasteiger partial charge in [-0.05, 0) is 56.1 Å². The van der Waals surface area contributed by atoms with Crippen LogP contribution in [0.25, 0.3) is 0 Å². The summed E-state index contributed by atoms with van der Waals surface area (Å²) in [5.74, 6) is 0. The molecule has 18 heavy (non-hydrogen) atoms. The number of hydrogen-bond donors (Lipinski definition) is 1. The highest BCUT2D eigenvalue weighted by atomic mass is 14.8. The quantitative estimate of drug-likeness (QED) is 0.832. The summed E-state index contributed by atoms with van der Waals surface area (Å²) in [6.45, 7) is 9.08. The zero-order valence-electron chi connectivity index (χ0n) is 12.3. The molecule has 1 aromatic carbocycles. The molecule has 100 valence electrons. The van der Waals surface area contributed by atoms with Gasteiger partial charge in [-0.15, -0.1) is 0 Å². The molecule has 1 atom stereocenters. The molecule has 1 aliphatic carbocycles. The Morgan fingerprint density at radius 3 is 2.56 bits per heavy atom. The lowest BCUT2D eigenvalue weighted by Crippen LogP contribution is -2.48. The van der Waals surface area contributed by atoms with Crippen LogP contribution in [0.3, 0.4) is 0 Å². The summed E-state index contributed by atoms with van der Waals surface area (Å²) in [6.07, 6.45) is 5.94. The molecule has 1 unspecified atom stereocenters. The van der Waals surface area contributed by atoms with E-state index in [2.05, 4.69) is 45.9 Å². The second-order valence-electron chi connectivity index (χ2n) is 7.16. The molecule has 1 fully saturated rings. The van der Waals surface area contributed by atoms with Crippen LogP contribution in [0.15, 0.2) is 18.2 Å². The van der Waals surface area contributed by atoms with E-state index in [0.29, 0.717) is 5.41 Å². The standard InChI is InChI=1S/C17H27N/c1-13-6-7-14(2)15(10-13)11-17(18)9-5-8-16(3,4)12-17/h6-7,10H,5,8-9,11-12,18H2,1-4H3. The Morgan fingerprint density at radius 2 is 1.89 bits per heavy atom. The van der Waals surface area contributed by atoms with Gasteiger partial charge in [-0.3, -0.25) is 0 Å². The first kappa shape index (κ1) is 13.6.